The number of likely N-dealkylation sites (tertiary alicyclic amines) is 1. The van der Waals surface area contributed by atoms with Gasteiger partial charge in [0.25, 0.3) is 11.8 Å². The summed E-state index contributed by atoms with van der Waals surface area (Å²) in [6.45, 7) is 1.05. The number of carbonyl (C=O) groups is 3. The largest absolute Gasteiger partial charge is 0.341 e. The number of rotatable bonds is 4. The van der Waals surface area contributed by atoms with Crippen LogP contribution in [0.5, 0.6) is 0 Å². The molecule has 2 aliphatic rings. The minimum Gasteiger partial charge on any atom is -0.341 e. The predicted molar refractivity (Wildman–Crippen MR) is 112 cm³/mol. The highest BCUT2D eigenvalue weighted by Crippen LogP contribution is 2.24. The Hall–Kier alpha value is -2.92. The van der Waals surface area contributed by atoms with E-state index in [1.807, 2.05) is 24.3 Å². The normalized spacial score (nSPS) is 17.3. The second-order valence-corrected chi connectivity index (χ2v) is 7.81. The molecule has 0 bridgehead atoms. The fraction of sp³-hybridized carbons (Fsp3) is 0.261. The minimum atomic E-state index is -0.389. The van der Waals surface area contributed by atoms with Gasteiger partial charge in [-0.1, -0.05) is 48.0 Å². The van der Waals surface area contributed by atoms with Crippen molar-refractivity contribution >= 4 is 35.4 Å². The highest BCUT2D eigenvalue weighted by molar-refractivity contribution is 6.30. The Morgan fingerprint density at radius 2 is 1.55 bits per heavy atom. The standard InChI is InChI=1S/C23H21ClN2O3/c24-18-9-7-16(8-10-18)5-6-17-11-13-25(14-12-17)21(27)15-26-22(28)19-3-1-2-4-20(19)23(26)29/h1-10,17H,11-15H2. The molecule has 29 heavy (non-hydrogen) atoms. The van der Waals surface area contributed by atoms with E-state index in [-0.39, 0.29) is 24.3 Å². The van der Waals surface area contributed by atoms with Crippen molar-refractivity contribution in [1.29, 1.82) is 0 Å². The second-order valence-electron chi connectivity index (χ2n) is 7.37. The average Bonchev–Trinajstić information content (AvgIpc) is 2.99. The topological polar surface area (TPSA) is 57.7 Å². The van der Waals surface area contributed by atoms with Crippen LogP contribution in [0.2, 0.25) is 5.02 Å². The van der Waals surface area contributed by atoms with Gasteiger partial charge in [-0.15, -0.1) is 0 Å². The van der Waals surface area contributed by atoms with Crippen molar-refractivity contribution in [2.75, 3.05) is 19.6 Å². The molecule has 4 rings (SSSR count). The van der Waals surface area contributed by atoms with E-state index in [1.165, 1.54) is 0 Å². The van der Waals surface area contributed by atoms with Gasteiger partial charge in [-0.05, 0) is 48.6 Å². The van der Waals surface area contributed by atoms with Gasteiger partial charge in [-0.25, -0.2) is 0 Å². The van der Waals surface area contributed by atoms with Crippen molar-refractivity contribution in [2.45, 2.75) is 12.8 Å². The fourth-order valence-electron chi connectivity index (χ4n) is 3.78. The number of halogens is 1. The number of benzene rings is 2. The molecule has 0 spiro atoms. The van der Waals surface area contributed by atoms with Gasteiger partial charge in [0.1, 0.15) is 6.54 Å². The average molecular weight is 409 g/mol. The van der Waals surface area contributed by atoms with Crippen LogP contribution in [0.4, 0.5) is 0 Å². The molecule has 0 N–H and O–H groups in total. The number of fused-ring (bicyclic) bond motifs is 1. The van der Waals surface area contributed by atoms with E-state index in [0.29, 0.717) is 35.2 Å². The molecule has 2 heterocycles. The summed E-state index contributed by atoms with van der Waals surface area (Å²) < 4.78 is 0. The van der Waals surface area contributed by atoms with Crippen LogP contribution in [0.3, 0.4) is 0 Å². The van der Waals surface area contributed by atoms with Crippen molar-refractivity contribution < 1.29 is 14.4 Å². The Balaban J connectivity index is 1.31. The zero-order valence-corrected chi connectivity index (χ0v) is 16.6. The molecule has 3 amide bonds. The maximum Gasteiger partial charge on any atom is 0.262 e. The van der Waals surface area contributed by atoms with Crippen LogP contribution in [0, 0.1) is 5.92 Å². The van der Waals surface area contributed by atoms with Gasteiger partial charge in [0.05, 0.1) is 11.1 Å². The summed E-state index contributed by atoms with van der Waals surface area (Å²) in [5, 5.41) is 0.715. The zero-order valence-electron chi connectivity index (χ0n) is 15.9. The van der Waals surface area contributed by atoms with Crippen molar-refractivity contribution in [3.63, 3.8) is 0 Å². The molecular formula is C23H21ClN2O3. The monoisotopic (exact) mass is 408 g/mol. The second kappa shape index (κ2) is 8.21. The third kappa shape index (κ3) is 4.10. The zero-order chi connectivity index (χ0) is 20.4. The number of allylic oxidation sites excluding steroid dienone is 1. The van der Waals surface area contributed by atoms with Crippen molar-refractivity contribution in [1.82, 2.24) is 9.80 Å². The SMILES string of the molecule is O=C(CN1C(=O)c2ccccc2C1=O)N1CCC(C=Cc2ccc(Cl)cc2)CC1. The van der Waals surface area contributed by atoms with Gasteiger partial charge in [0.15, 0.2) is 0 Å². The van der Waals surface area contributed by atoms with Crippen LogP contribution in [0.15, 0.2) is 54.6 Å². The molecule has 5 nitrogen and oxygen atoms in total. The molecule has 0 aromatic heterocycles. The predicted octanol–water partition coefficient (Wildman–Crippen LogP) is 3.89. The Bertz CT molecular complexity index is 941. The van der Waals surface area contributed by atoms with E-state index in [0.717, 1.165) is 23.3 Å². The Kier molecular flexibility index (Phi) is 5.49. The van der Waals surface area contributed by atoms with E-state index in [4.69, 9.17) is 11.6 Å². The maximum absolute atomic E-state index is 12.7. The van der Waals surface area contributed by atoms with E-state index in [1.54, 1.807) is 29.2 Å². The first kappa shape index (κ1) is 19.4. The molecule has 0 aliphatic carbocycles. The van der Waals surface area contributed by atoms with E-state index < -0.39 is 0 Å². The van der Waals surface area contributed by atoms with Crippen LogP contribution in [-0.2, 0) is 4.79 Å². The number of imide groups is 1. The molecule has 2 aromatic rings. The summed E-state index contributed by atoms with van der Waals surface area (Å²) in [7, 11) is 0. The minimum absolute atomic E-state index is 0.181. The van der Waals surface area contributed by atoms with Crippen LogP contribution in [-0.4, -0.2) is 47.2 Å². The van der Waals surface area contributed by atoms with Crippen LogP contribution >= 0.6 is 11.6 Å². The molecule has 1 saturated heterocycles. The molecule has 0 saturated carbocycles. The van der Waals surface area contributed by atoms with Crippen LogP contribution in [0.25, 0.3) is 6.08 Å². The lowest BCUT2D eigenvalue weighted by Crippen LogP contribution is -2.45. The summed E-state index contributed by atoms with van der Waals surface area (Å²) in [6, 6.07) is 14.4. The number of nitrogens with zero attached hydrogens (tertiary/aromatic N) is 2. The summed E-state index contributed by atoms with van der Waals surface area (Å²) in [5.74, 6) is -0.562. The lowest BCUT2D eigenvalue weighted by Gasteiger charge is -2.31. The molecular weight excluding hydrogens is 388 g/mol. The molecule has 0 radical (unpaired) electrons. The quantitative estimate of drug-likeness (QED) is 0.721. The fourth-order valence-corrected chi connectivity index (χ4v) is 3.91. The van der Waals surface area contributed by atoms with E-state index >= 15 is 0 Å². The first-order valence-corrected chi connectivity index (χ1v) is 10.1. The van der Waals surface area contributed by atoms with Gasteiger partial charge in [0, 0.05) is 18.1 Å². The summed E-state index contributed by atoms with van der Waals surface area (Å²) in [5.41, 5.74) is 1.84. The molecule has 2 aliphatic heterocycles. The highest BCUT2D eigenvalue weighted by atomic mass is 35.5. The van der Waals surface area contributed by atoms with Crippen molar-refractivity contribution in [3.8, 4) is 0 Å². The third-order valence-electron chi connectivity index (χ3n) is 5.49. The van der Waals surface area contributed by atoms with Crippen LogP contribution in [0.1, 0.15) is 39.1 Å². The third-order valence-corrected chi connectivity index (χ3v) is 5.75. The number of piperidine rings is 1. The molecule has 148 valence electrons. The van der Waals surface area contributed by atoms with Gasteiger partial charge >= 0.3 is 0 Å². The van der Waals surface area contributed by atoms with E-state index in [9.17, 15) is 14.4 Å². The molecule has 1 fully saturated rings. The van der Waals surface area contributed by atoms with Gasteiger partial charge in [-0.3, -0.25) is 19.3 Å². The van der Waals surface area contributed by atoms with Gasteiger partial charge < -0.3 is 4.90 Å². The van der Waals surface area contributed by atoms with Crippen LogP contribution < -0.4 is 0 Å². The lowest BCUT2D eigenvalue weighted by atomic mass is 9.95. The first-order valence-electron chi connectivity index (χ1n) is 9.69. The number of amides is 3. The summed E-state index contributed by atoms with van der Waals surface area (Å²) >= 11 is 5.90. The lowest BCUT2D eigenvalue weighted by molar-refractivity contribution is -0.132. The summed E-state index contributed by atoms with van der Waals surface area (Å²) in [4.78, 5) is 40.3. The molecule has 0 atom stereocenters. The van der Waals surface area contributed by atoms with Crippen molar-refractivity contribution in [3.05, 3.63) is 76.3 Å². The first-order chi connectivity index (χ1) is 14.0. The molecule has 0 unspecified atom stereocenters. The number of carbonyl (C=O) groups excluding carboxylic acids is 3. The van der Waals surface area contributed by atoms with E-state index in [2.05, 4.69) is 12.2 Å². The highest BCUT2D eigenvalue weighted by Gasteiger charge is 2.37. The van der Waals surface area contributed by atoms with Crippen molar-refractivity contribution in [2.24, 2.45) is 5.92 Å². The van der Waals surface area contributed by atoms with Gasteiger partial charge in [-0.2, -0.15) is 0 Å². The summed E-state index contributed by atoms with van der Waals surface area (Å²) in [6.07, 6.45) is 5.97. The number of hydrogen-bond acceptors (Lipinski definition) is 3. The Morgan fingerprint density at radius 1 is 0.966 bits per heavy atom. The smallest absolute Gasteiger partial charge is 0.262 e. The maximum atomic E-state index is 12.7. The number of hydrogen-bond donors (Lipinski definition) is 0. The Labute approximate surface area is 174 Å². The Morgan fingerprint density at radius 3 is 2.14 bits per heavy atom. The van der Waals surface area contributed by atoms with Gasteiger partial charge in [0.2, 0.25) is 5.91 Å². The molecule has 2 aromatic carbocycles. The molecule has 6 heteroatoms.